The molecule has 6 rings (SSSR count). The van der Waals surface area contributed by atoms with Crippen molar-refractivity contribution in [3.8, 4) is 22.8 Å². The molecule has 5 nitrogen and oxygen atoms in total. The van der Waals surface area contributed by atoms with E-state index in [4.69, 9.17) is 15.0 Å². The van der Waals surface area contributed by atoms with Gasteiger partial charge in [0, 0.05) is 38.5 Å². The molecule has 1 aromatic heterocycles. The summed E-state index contributed by atoms with van der Waals surface area (Å²) < 4.78 is 1.04. The highest BCUT2D eigenvalue weighted by Crippen LogP contribution is 2.42. The Labute approximate surface area is 255 Å². The van der Waals surface area contributed by atoms with Crippen molar-refractivity contribution in [1.29, 1.82) is 0 Å². The Morgan fingerprint density at radius 2 is 1.48 bits per heavy atom. The van der Waals surface area contributed by atoms with Crippen LogP contribution in [0.15, 0.2) is 137 Å². The molecule has 2 bridgehead atoms. The number of halogens is 1. The Kier molecular flexibility index (Phi) is 7.97. The maximum Gasteiger partial charge on any atom is 0.227 e. The maximum atomic E-state index is 4.89. The summed E-state index contributed by atoms with van der Waals surface area (Å²) in [6, 6.07) is 28.6. The largest absolute Gasteiger partial charge is 0.355 e. The number of nitrogens with zero attached hydrogens (tertiary/aromatic N) is 3. The van der Waals surface area contributed by atoms with Gasteiger partial charge >= 0.3 is 0 Å². The van der Waals surface area contributed by atoms with Gasteiger partial charge in [-0.1, -0.05) is 126 Å². The van der Waals surface area contributed by atoms with Gasteiger partial charge in [0.25, 0.3) is 0 Å². The molecule has 2 atom stereocenters. The molecule has 0 radical (unpaired) electrons. The van der Waals surface area contributed by atoms with Crippen molar-refractivity contribution in [2.45, 2.75) is 32.7 Å². The second-order valence-electron chi connectivity index (χ2n) is 10.4. The molecule has 3 heterocycles. The van der Waals surface area contributed by atoms with E-state index in [-0.39, 0.29) is 12.0 Å². The van der Waals surface area contributed by atoms with E-state index in [2.05, 4.69) is 95.1 Å². The van der Waals surface area contributed by atoms with Crippen LogP contribution in [0.1, 0.15) is 37.8 Å². The van der Waals surface area contributed by atoms with Crippen LogP contribution in [0.4, 0.5) is 5.95 Å². The number of aromatic nitrogens is 3. The summed E-state index contributed by atoms with van der Waals surface area (Å²) in [6.07, 6.45) is 10.7. The summed E-state index contributed by atoms with van der Waals surface area (Å²) in [4.78, 5) is 14.6. The predicted octanol–water partition coefficient (Wildman–Crippen LogP) is 8.80. The van der Waals surface area contributed by atoms with Crippen LogP contribution in [0, 0.1) is 0 Å². The van der Waals surface area contributed by atoms with E-state index >= 15 is 0 Å². The van der Waals surface area contributed by atoms with Gasteiger partial charge in [-0.3, -0.25) is 0 Å². The van der Waals surface area contributed by atoms with Gasteiger partial charge < -0.3 is 10.6 Å². The Morgan fingerprint density at radius 1 is 0.857 bits per heavy atom. The molecular formula is C36H32BrN5. The zero-order chi connectivity index (χ0) is 29.1. The lowest BCUT2D eigenvalue weighted by molar-refractivity contribution is 0.819. The monoisotopic (exact) mass is 613 g/mol. The minimum atomic E-state index is -0.116. The van der Waals surface area contributed by atoms with Crippen molar-refractivity contribution in [3.63, 3.8) is 0 Å². The first-order chi connectivity index (χ1) is 20.5. The third kappa shape index (κ3) is 5.63. The van der Waals surface area contributed by atoms with E-state index in [1.807, 2.05) is 67.6 Å². The van der Waals surface area contributed by atoms with Crippen LogP contribution in [-0.2, 0) is 0 Å². The van der Waals surface area contributed by atoms with Gasteiger partial charge in [-0.05, 0) is 42.7 Å². The number of anilines is 1. The summed E-state index contributed by atoms with van der Waals surface area (Å²) in [6.45, 7) is 6.49. The smallest absolute Gasteiger partial charge is 0.227 e. The maximum absolute atomic E-state index is 4.89. The number of rotatable bonds is 7. The molecule has 6 heteroatoms. The zero-order valence-corrected chi connectivity index (χ0v) is 25.4. The van der Waals surface area contributed by atoms with Crippen molar-refractivity contribution >= 4 is 27.6 Å². The topological polar surface area (TPSA) is 62.7 Å². The van der Waals surface area contributed by atoms with Crippen LogP contribution in [0.3, 0.4) is 0 Å². The minimum Gasteiger partial charge on any atom is -0.355 e. The van der Waals surface area contributed by atoms with Gasteiger partial charge in [0.1, 0.15) is 0 Å². The van der Waals surface area contributed by atoms with Crippen LogP contribution >= 0.6 is 15.9 Å². The van der Waals surface area contributed by atoms with Crippen LogP contribution in [0.25, 0.3) is 28.5 Å². The second kappa shape index (κ2) is 12.1. The summed E-state index contributed by atoms with van der Waals surface area (Å²) in [5.41, 5.74) is 8.94. The van der Waals surface area contributed by atoms with Gasteiger partial charge in [-0.25, -0.2) is 4.98 Å². The molecule has 0 fully saturated rings. The molecule has 0 aliphatic carbocycles. The molecule has 0 spiro atoms. The molecule has 42 heavy (non-hydrogen) atoms. The van der Waals surface area contributed by atoms with Gasteiger partial charge in [-0.15, -0.1) is 0 Å². The van der Waals surface area contributed by atoms with E-state index in [0.717, 1.165) is 32.6 Å². The Bertz CT molecular complexity index is 1710. The fraction of sp³-hybridized carbons (Fsp3) is 0.139. The SMILES string of the molecule is C/C=C\C=C(\C1=C2C=C(Br)C=C(N2)c2ccccc2C1C)C(C)Nc1nc(-c2ccccc2)nc(-c2ccccc2)n1. The number of benzene rings is 3. The van der Waals surface area contributed by atoms with Crippen LogP contribution in [0.5, 0.6) is 0 Å². The molecule has 4 aromatic rings. The van der Waals surface area contributed by atoms with Crippen LogP contribution in [0.2, 0.25) is 0 Å². The molecule has 2 N–H and O–H groups in total. The molecular weight excluding hydrogens is 582 g/mol. The first-order valence-electron chi connectivity index (χ1n) is 14.2. The molecule has 0 saturated heterocycles. The van der Waals surface area contributed by atoms with Gasteiger partial charge in [0.2, 0.25) is 5.95 Å². The Balaban J connectivity index is 1.45. The van der Waals surface area contributed by atoms with Crippen molar-refractivity contribution in [2.24, 2.45) is 0 Å². The van der Waals surface area contributed by atoms with Crippen molar-refractivity contribution < 1.29 is 0 Å². The average Bonchev–Trinajstić information content (AvgIpc) is 3.10. The molecule has 2 aliphatic heterocycles. The van der Waals surface area contributed by atoms with Crippen LogP contribution < -0.4 is 10.6 Å². The minimum absolute atomic E-state index is 0.116. The number of dihydropyridines is 1. The summed E-state index contributed by atoms with van der Waals surface area (Å²) in [7, 11) is 0. The van der Waals surface area contributed by atoms with Crippen molar-refractivity contribution in [3.05, 3.63) is 148 Å². The lowest BCUT2D eigenvalue weighted by atomic mass is 9.82. The summed E-state index contributed by atoms with van der Waals surface area (Å²) in [5.74, 6) is 1.94. The molecule has 0 amide bonds. The number of hydrogen-bond acceptors (Lipinski definition) is 5. The van der Waals surface area contributed by atoms with Crippen molar-refractivity contribution in [2.75, 3.05) is 5.32 Å². The quantitative estimate of drug-likeness (QED) is 0.204. The summed E-state index contributed by atoms with van der Waals surface area (Å²) >= 11 is 3.77. The van der Waals surface area contributed by atoms with Gasteiger partial charge in [0.15, 0.2) is 11.6 Å². The normalized spacial score (nSPS) is 17.1. The second-order valence-corrected chi connectivity index (χ2v) is 11.3. The fourth-order valence-corrected chi connectivity index (χ4v) is 6.01. The van der Waals surface area contributed by atoms with E-state index < -0.39 is 0 Å². The highest BCUT2D eigenvalue weighted by atomic mass is 79.9. The highest BCUT2D eigenvalue weighted by molar-refractivity contribution is 9.11. The number of allylic oxidation sites excluding steroid dienone is 6. The molecule has 208 valence electrons. The molecule has 0 saturated carbocycles. The number of hydrogen-bond donors (Lipinski definition) is 2. The first-order valence-corrected chi connectivity index (χ1v) is 15.0. The predicted molar refractivity (Wildman–Crippen MR) is 177 cm³/mol. The molecule has 2 unspecified atom stereocenters. The molecule has 2 aliphatic rings. The van der Waals surface area contributed by atoms with Crippen LogP contribution in [-0.4, -0.2) is 21.0 Å². The third-order valence-corrected chi connectivity index (χ3v) is 8.02. The average molecular weight is 615 g/mol. The lowest BCUT2D eigenvalue weighted by Gasteiger charge is -2.26. The fourth-order valence-electron chi connectivity index (χ4n) is 5.55. The van der Waals surface area contributed by atoms with E-state index in [1.54, 1.807) is 0 Å². The van der Waals surface area contributed by atoms with E-state index in [1.165, 1.54) is 16.7 Å². The van der Waals surface area contributed by atoms with Crippen molar-refractivity contribution in [1.82, 2.24) is 20.3 Å². The Morgan fingerprint density at radius 3 is 2.12 bits per heavy atom. The highest BCUT2D eigenvalue weighted by Gasteiger charge is 2.30. The lowest BCUT2D eigenvalue weighted by Crippen LogP contribution is -2.25. The Hall–Kier alpha value is -4.55. The number of nitrogens with one attached hydrogen (secondary N) is 2. The third-order valence-electron chi connectivity index (χ3n) is 7.57. The molecule has 3 aromatic carbocycles. The standard InChI is InChI=1S/C36H32BrN5/c1-4-5-18-29(33-23(2)28-19-12-13-20-30(28)31-21-27(37)22-32(33)39-31)24(3)38-36-41-34(25-14-8-6-9-15-25)40-35(42-36)26-16-10-7-11-17-26/h4-24,39H,1-3H3,(H,38,40,41,42)/b5-4-,29-18+. The van der Waals surface area contributed by atoms with E-state index in [9.17, 15) is 0 Å². The summed E-state index contributed by atoms with van der Waals surface area (Å²) in [5, 5.41) is 7.36. The van der Waals surface area contributed by atoms with Gasteiger partial charge in [0.05, 0.1) is 6.04 Å². The van der Waals surface area contributed by atoms with E-state index in [0.29, 0.717) is 17.6 Å². The number of fused-ring (bicyclic) bond motifs is 4. The first kappa shape index (κ1) is 27.6. The zero-order valence-electron chi connectivity index (χ0n) is 23.8. The van der Waals surface area contributed by atoms with Gasteiger partial charge in [-0.2, -0.15) is 9.97 Å².